The molecule has 0 bridgehead atoms. The standard InChI is InChI=1S/C16H23N3OS/c1-12(19-10-4-2-3-5-11-19)16(20)18-14-8-6-13(7-9-14)15(17)21/h6-9,12H,2-5,10-11H2,1H3,(H2,17,21)(H,18,20). The van der Waals surface area contributed by atoms with Gasteiger partial charge in [-0.2, -0.15) is 0 Å². The van der Waals surface area contributed by atoms with Crippen LogP contribution in [0.2, 0.25) is 0 Å². The lowest BCUT2D eigenvalue weighted by atomic mass is 10.2. The summed E-state index contributed by atoms with van der Waals surface area (Å²) in [5, 5.41) is 2.96. The monoisotopic (exact) mass is 305 g/mol. The van der Waals surface area contributed by atoms with Crippen LogP contribution in [0, 0.1) is 0 Å². The minimum absolute atomic E-state index is 0.0416. The number of hydrogen-bond donors (Lipinski definition) is 2. The molecule has 3 N–H and O–H groups in total. The van der Waals surface area contributed by atoms with E-state index in [0.29, 0.717) is 4.99 Å². The molecule has 0 radical (unpaired) electrons. The zero-order valence-corrected chi connectivity index (χ0v) is 13.3. The summed E-state index contributed by atoms with van der Waals surface area (Å²) in [5.74, 6) is 0.0416. The molecule has 2 rings (SSSR count). The van der Waals surface area contributed by atoms with E-state index in [1.54, 1.807) is 0 Å². The van der Waals surface area contributed by atoms with Crippen LogP contribution < -0.4 is 11.1 Å². The Balaban J connectivity index is 1.94. The summed E-state index contributed by atoms with van der Waals surface area (Å²) in [6, 6.07) is 7.23. The van der Waals surface area contributed by atoms with Gasteiger partial charge in [-0.1, -0.05) is 25.1 Å². The van der Waals surface area contributed by atoms with Crippen LogP contribution in [0.5, 0.6) is 0 Å². The van der Waals surface area contributed by atoms with E-state index < -0.39 is 0 Å². The Morgan fingerprint density at radius 3 is 2.29 bits per heavy atom. The number of amides is 1. The van der Waals surface area contributed by atoms with Gasteiger partial charge in [0.25, 0.3) is 0 Å². The lowest BCUT2D eigenvalue weighted by Crippen LogP contribution is -2.42. The molecule has 1 atom stereocenters. The van der Waals surface area contributed by atoms with Gasteiger partial charge >= 0.3 is 0 Å². The van der Waals surface area contributed by atoms with Crippen LogP contribution in [-0.4, -0.2) is 34.9 Å². The van der Waals surface area contributed by atoms with Gasteiger partial charge in [0.2, 0.25) is 5.91 Å². The van der Waals surface area contributed by atoms with Crippen molar-refractivity contribution in [3.05, 3.63) is 29.8 Å². The Morgan fingerprint density at radius 1 is 1.19 bits per heavy atom. The molecule has 4 nitrogen and oxygen atoms in total. The Labute approximate surface area is 131 Å². The fraction of sp³-hybridized carbons (Fsp3) is 0.500. The number of benzene rings is 1. The molecule has 1 amide bonds. The molecular weight excluding hydrogens is 282 g/mol. The first kappa shape index (κ1) is 15.9. The molecule has 0 aromatic heterocycles. The van der Waals surface area contributed by atoms with Gasteiger partial charge in [-0.15, -0.1) is 0 Å². The van der Waals surface area contributed by atoms with Crippen molar-refractivity contribution < 1.29 is 4.79 Å². The van der Waals surface area contributed by atoms with Crippen LogP contribution in [0.4, 0.5) is 5.69 Å². The van der Waals surface area contributed by atoms with Crippen LogP contribution in [0.25, 0.3) is 0 Å². The highest BCUT2D eigenvalue weighted by Crippen LogP contribution is 2.15. The maximum Gasteiger partial charge on any atom is 0.241 e. The van der Waals surface area contributed by atoms with E-state index in [1.165, 1.54) is 25.7 Å². The van der Waals surface area contributed by atoms with Crippen LogP contribution in [-0.2, 0) is 4.79 Å². The van der Waals surface area contributed by atoms with Gasteiger partial charge in [0, 0.05) is 11.3 Å². The molecule has 1 aliphatic heterocycles. The maximum atomic E-state index is 12.3. The molecule has 1 fully saturated rings. The number of anilines is 1. The predicted octanol–water partition coefficient (Wildman–Crippen LogP) is 2.52. The molecule has 0 aliphatic carbocycles. The van der Waals surface area contributed by atoms with Gasteiger partial charge in [-0.05, 0) is 57.1 Å². The van der Waals surface area contributed by atoms with Crippen molar-refractivity contribution >= 4 is 28.8 Å². The average molecular weight is 305 g/mol. The third-order valence-electron chi connectivity index (χ3n) is 4.00. The highest BCUT2D eigenvalue weighted by molar-refractivity contribution is 7.80. The van der Waals surface area contributed by atoms with Crippen molar-refractivity contribution in [2.45, 2.75) is 38.6 Å². The van der Waals surface area contributed by atoms with E-state index in [0.717, 1.165) is 24.3 Å². The first-order valence-electron chi connectivity index (χ1n) is 7.52. The number of hydrogen-bond acceptors (Lipinski definition) is 3. The molecule has 114 valence electrons. The molecule has 1 aromatic rings. The molecule has 0 saturated carbocycles. The van der Waals surface area contributed by atoms with Crippen LogP contribution in [0.1, 0.15) is 38.2 Å². The Hall–Kier alpha value is -1.46. The third kappa shape index (κ3) is 4.51. The number of carbonyl (C=O) groups excluding carboxylic acids is 1. The quantitative estimate of drug-likeness (QED) is 0.839. The molecule has 5 heteroatoms. The molecule has 0 spiro atoms. The van der Waals surface area contributed by atoms with Crippen molar-refractivity contribution in [2.24, 2.45) is 5.73 Å². The largest absolute Gasteiger partial charge is 0.389 e. The summed E-state index contributed by atoms with van der Waals surface area (Å²) in [6.45, 7) is 3.99. The Morgan fingerprint density at radius 2 is 1.76 bits per heavy atom. The summed E-state index contributed by atoms with van der Waals surface area (Å²) in [7, 11) is 0. The number of rotatable bonds is 4. The van der Waals surface area contributed by atoms with Crippen molar-refractivity contribution in [1.29, 1.82) is 0 Å². The second-order valence-corrected chi connectivity index (χ2v) is 6.00. The van der Waals surface area contributed by atoms with E-state index in [9.17, 15) is 4.79 Å². The second kappa shape index (κ2) is 7.52. The van der Waals surface area contributed by atoms with E-state index in [1.807, 2.05) is 31.2 Å². The molecule has 1 aromatic carbocycles. The zero-order chi connectivity index (χ0) is 15.2. The van der Waals surface area contributed by atoms with Crippen LogP contribution in [0.15, 0.2) is 24.3 Å². The smallest absolute Gasteiger partial charge is 0.241 e. The van der Waals surface area contributed by atoms with Crippen molar-refractivity contribution in [1.82, 2.24) is 4.90 Å². The fourth-order valence-corrected chi connectivity index (χ4v) is 2.75. The summed E-state index contributed by atoms with van der Waals surface area (Å²) < 4.78 is 0. The Kier molecular flexibility index (Phi) is 5.70. The minimum atomic E-state index is -0.0987. The highest BCUT2D eigenvalue weighted by atomic mass is 32.1. The molecule has 1 heterocycles. The topological polar surface area (TPSA) is 58.4 Å². The average Bonchev–Trinajstić information content (AvgIpc) is 2.76. The van der Waals surface area contributed by atoms with Crippen LogP contribution >= 0.6 is 12.2 Å². The molecule has 1 unspecified atom stereocenters. The fourth-order valence-electron chi connectivity index (χ4n) is 2.61. The van der Waals surface area contributed by atoms with E-state index in [4.69, 9.17) is 18.0 Å². The minimum Gasteiger partial charge on any atom is -0.389 e. The maximum absolute atomic E-state index is 12.3. The number of likely N-dealkylation sites (tertiary alicyclic amines) is 1. The van der Waals surface area contributed by atoms with E-state index >= 15 is 0 Å². The lowest BCUT2D eigenvalue weighted by molar-refractivity contribution is -0.120. The van der Waals surface area contributed by atoms with Crippen molar-refractivity contribution in [3.63, 3.8) is 0 Å². The lowest BCUT2D eigenvalue weighted by Gasteiger charge is -2.26. The van der Waals surface area contributed by atoms with E-state index in [2.05, 4.69) is 10.2 Å². The first-order chi connectivity index (χ1) is 10.1. The number of thiocarbonyl (C=S) groups is 1. The summed E-state index contributed by atoms with van der Waals surface area (Å²) in [4.78, 5) is 15.0. The van der Waals surface area contributed by atoms with Crippen LogP contribution in [0.3, 0.4) is 0 Å². The number of nitrogens with two attached hydrogens (primary N) is 1. The first-order valence-corrected chi connectivity index (χ1v) is 7.93. The van der Waals surface area contributed by atoms with Crippen molar-refractivity contribution in [3.8, 4) is 0 Å². The SMILES string of the molecule is CC(C(=O)Nc1ccc(C(N)=S)cc1)N1CCCCCC1. The molecule has 1 aliphatic rings. The predicted molar refractivity (Wildman–Crippen MR) is 90.5 cm³/mol. The number of carbonyl (C=O) groups is 1. The van der Waals surface area contributed by atoms with Gasteiger partial charge in [0.15, 0.2) is 0 Å². The Bertz CT molecular complexity index is 493. The molecule has 1 saturated heterocycles. The van der Waals surface area contributed by atoms with Gasteiger partial charge in [0.05, 0.1) is 6.04 Å². The summed E-state index contributed by atoms with van der Waals surface area (Å²) in [6.07, 6.45) is 4.90. The van der Waals surface area contributed by atoms with Gasteiger partial charge in [-0.25, -0.2) is 0 Å². The van der Waals surface area contributed by atoms with Gasteiger partial charge in [-0.3, -0.25) is 9.69 Å². The summed E-state index contributed by atoms with van der Waals surface area (Å²) >= 11 is 4.92. The second-order valence-electron chi connectivity index (χ2n) is 5.56. The zero-order valence-electron chi connectivity index (χ0n) is 12.5. The number of nitrogens with zero attached hydrogens (tertiary/aromatic N) is 1. The van der Waals surface area contributed by atoms with Gasteiger partial charge < -0.3 is 11.1 Å². The van der Waals surface area contributed by atoms with E-state index in [-0.39, 0.29) is 11.9 Å². The molecule has 21 heavy (non-hydrogen) atoms. The summed E-state index contributed by atoms with van der Waals surface area (Å²) in [5.41, 5.74) is 7.15. The number of nitrogens with one attached hydrogen (secondary N) is 1. The normalized spacial score (nSPS) is 17.8. The third-order valence-corrected chi connectivity index (χ3v) is 4.24. The van der Waals surface area contributed by atoms with Gasteiger partial charge in [0.1, 0.15) is 4.99 Å². The highest BCUT2D eigenvalue weighted by Gasteiger charge is 2.21. The molecular formula is C16H23N3OS. The van der Waals surface area contributed by atoms with Crippen molar-refractivity contribution in [2.75, 3.05) is 18.4 Å².